The van der Waals surface area contributed by atoms with Gasteiger partial charge in [-0.05, 0) is 22.9 Å². The van der Waals surface area contributed by atoms with Crippen LogP contribution in [0.2, 0.25) is 0 Å². The summed E-state index contributed by atoms with van der Waals surface area (Å²) in [6.07, 6.45) is 0. The van der Waals surface area contributed by atoms with Gasteiger partial charge in [0.15, 0.2) is 11.6 Å². The minimum absolute atomic E-state index is 0.0985. The van der Waals surface area contributed by atoms with Crippen LogP contribution >= 0.6 is 22.7 Å². The van der Waals surface area contributed by atoms with Gasteiger partial charge >= 0.3 is 0 Å². The van der Waals surface area contributed by atoms with Crippen LogP contribution in [-0.2, 0) is 0 Å². The van der Waals surface area contributed by atoms with Crippen LogP contribution in [0.3, 0.4) is 0 Å². The number of ether oxygens (including phenoxy) is 1. The molecule has 0 spiro atoms. The van der Waals surface area contributed by atoms with E-state index in [9.17, 15) is 8.78 Å². The van der Waals surface area contributed by atoms with Gasteiger partial charge in [-0.15, -0.1) is 22.7 Å². The first-order chi connectivity index (χ1) is 6.27. The van der Waals surface area contributed by atoms with Gasteiger partial charge in [-0.2, -0.15) is 0 Å². The molecule has 5 heteroatoms. The average Bonchev–Trinajstić information content (AvgIpc) is 2.65. The lowest BCUT2D eigenvalue weighted by Crippen LogP contribution is -1.81. The first-order valence-corrected chi connectivity index (χ1v) is 5.17. The molecule has 0 saturated carbocycles. The zero-order chi connectivity index (χ0) is 9.26. The Morgan fingerprint density at radius 1 is 0.923 bits per heavy atom. The van der Waals surface area contributed by atoms with Crippen molar-refractivity contribution in [1.82, 2.24) is 0 Å². The summed E-state index contributed by atoms with van der Waals surface area (Å²) < 4.78 is 30.7. The predicted octanol–water partition coefficient (Wildman–Crippen LogP) is 3.88. The third kappa shape index (κ3) is 1.71. The lowest BCUT2D eigenvalue weighted by atomic mass is 10.6. The number of hydrogen-bond donors (Lipinski definition) is 0. The molecule has 0 aliphatic rings. The van der Waals surface area contributed by atoms with Crippen molar-refractivity contribution in [2.24, 2.45) is 0 Å². The molecule has 0 amide bonds. The van der Waals surface area contributed by atoms with Crippen molar-refractivity contribution in [3.8, 4) is 10.1 Å². The number of halogens is 2. The molecule has 2 aromatic heterocycles. The Kier molecular flexibility index (Phi) is 2.28. The molecule has 2 heterocycles. The standard InChI is InChI=1S/C8H4F2OS2/c9-5-1-3-12-7(5)11-8-6(10)2-4-13-8/h1-4H. The third-order valence-electron chi connectivity index (χ3n) is 1.35. The molecule has 0 aliphatic heterocycles. The molecule has 0 bridgehead atoms. The summed E-state index contributed by atoms with van der Waals surface area (Å²) in [7, 11) is 0. The Hall–Kier alpha value is -0.940. The molecule has 2 aromatic rings. The Morgan fingerprint density at radius 3 is 1.69 bits per heavy atom. The van der Waals surface area contributed by atoms with E-state index in [-0.39, 0.29) is 10.1 Å². The highest BCUT2D eigenvalue weighted by Gasteiger charge is 2.10. The summed E-state index contributed by atoms with van der Waals surface area (Å²) in [6.45, 7) is 0. The smallest absolute Gasteiger partial charge is 0.218 e. The lowest BCUT2D eigenvalue weighted by Gasteiger charge is -1.98. The van der Waals surface area contributed by atoms with E-state index in [0.29, 0.717) is 0 Å². The Balaban J connectivity index is 2.24. The highest BCUT2D eigenvalue weighted by molar-refractivity contribution is 7.13. The number of hydrogen-bond acceptors (Lipinski definition) is 3. The third-order valence-corrected chi connectivity index (χ3v) is 2.88. The molecule has 1 nitrogen and oxygen atoms in total. The van der Waals surface area contributed by atoms with Crippen molar-refractivity contribution >= 4 is 22.7 Å². The van der Waals surface area contributed by atoms with E-state index in [4.69, 9.17) is 4.74 Å². The van der Waals surface area contributed by atoms with Crippen molar-refractivity contribution in [3.63, 3.8) is 0 Å². The Bertz CT molecular complexity index is 369. The first-order valence-electron chi connectivity index (χ1n) is 3.41. The molecule has 0 saturated heterocycles. The summed E-state index contributed by atoms with van der Waals surface area (Å²) in [6, 6.07) is 2.57. The maximum atomic E-state index is 12.8. The zero-order valence-corrected chi connectivity index (χ0v) is 7.92. The van der Waals surface area contributed by atoms with E-state index in [0.717, 1.165) is 22.7 Å². The monoisotopic (exact) mass is 218 g/mol. The van der Waals surface area contributed by atoms with Crippen molar-refractivity contribution in [2.45, 2.75) is 0 Å². The van der Waals surface area contributed by atoms with Crippen molar-refractivity contribution in [2.75, 3.05) is 0 Å². The van der Waals surface area contributed by atoms with Gasteiger partial charge in [-0.25, -0.2) is 8.78 Å². The maximum absolute atomic E-state index is 12.8. The summed E-state index contributed by atoms with van der Waals surface area (Å²) in [4.78, 5) is 0. The van der Waals surface area contributed by atoms with Crippen LogP contribution in [0.4, 0.5) is 8.78 Å². The van der Waals surface area contributed by atoms with Crippen LogP contribution in [0.15, 0.2) is 22.9 Å². The molecule has 0 N–H and O–H groups in total. The topological polar surface area (TPSA) is 9.23 Å². The minimum Gasteiger partial charge on any atom is -0.430 e. The van der Waals surface area contributed by atoms with Crippen LogP contribution in [0.1, 0.15) is 0 Å². The fourth-order valence-corrected chi connectivity index (χ4v) is 2.09. The SMILES string of the molecule is Fc1ccsc1Oc1sccc1F. The van der Waals surface area contributed by atoms with Gasteiger partial charge in [0.25, 0.3) is 0 Å². The van der Waals surface area contributed by atoms with Crippen LogP contribution in [0, 0.1) is 11.6 Å². The van der Waals surface area contributed by atoms with Crippen LogP contribution in [0.25, 0.3) is 0 Å². The quantitative estimate of drug-likeness (QED) is 0.743. The van der Waals surface area contributed by atoms with Gasteiger partial charge in [0.1, 0.15) is 0 Å². The second-order valence-electron chi connectivity index (χ2n) is 2.21. The van der Waals surface area contributed by atoms with Crippen LogP contribution in [0.5, 0.6) is 10.1 Å². The van der Waals surface area contributed by atoms with Crippen molar-refractivity contribution < 1.29 is 13.5 Å². The summed E-state index contributed by atoms with van der Waals surface area (Å²) >= 11 is 2.20. The van der Waals surface area contributed by atoms with Gasteiger partial charge in [0.05, 0.1) is 0 Å². The molecule has 0 aliphatic carbocycles. The molecule has 0 radical (unpaired) electrons. The molecule has 2 rings (SSSR count). The largest absolute Gasteiger partial charge is 0.430 e. The van der Waals surface area contributed by atoms with Crippen molar-refractivity contribution in [3.05, 3.63) is 34.5 Å². The van der Waals surface area contributed by atoms with Crippen molar-refractivity contribution in [1.29, 1.82) is 0 Å². The molecule has 0 atom stereocenters. The fourth-order valence-electron chi connectivity index (χ4n) is 0.790. The second kappa shape index (κ2) is 3.43. The molecule has 13 heavy (non-hydrogen) atoms. The van der Waals surface area contributed by atoms with Gasteiger partial charge in [-0.1, -0.05) is 0 Å². The van der Waals surface area contributed by atoms with E-state index in [1.807, 2.05) is 0 Å². The maximum Gasteiger partial charge on any atom is 0.218 e. The summed E-state index contributed by atoms with van der Waals surface area (Å²) in [5, 5.41) is 3.30. The highest BCUT2D eigenvalue weighted by Crippen LogP contribution is 2.34. The minimum atomic E-state index is -0.460. The zero-order valence-electron chi connectivity index (χ0n) is 6.29. The number of thiophene rings is 2. The van der Waals surface area contributed by atoms with Gasteiger partial charge in [-0.3, -0.25) is 0 Å². The molecule has 0 aromatic carbocycles. The normalized spacial score (nSPS) is 10.3. The van der Waals surface area contributed by atoms with E-state index >= 15 is 0 Å². The molecule has 0 unspecified atom stereocenters. The molecule has 0 fully saturated rings. The van der Waals surface area contributed by atoms with E-state index in [2.05, 4.69) is 0 Å². The van der Waals surface area contributed by atoms with Crippen LogP contribution in [-0.4, -0.2) is 0 Å². The van der Waals surface area contributed by atoms with Gasteiger partial charge in [0, 0.05) is 0 Å². The Labute approximate surface area is 81.2 Å². The average molecular weight is 218 g/mol. The van der Waals surface area contributed by atoms with Crippen LogP contribution < -0.4 is 4.74 Å². The number of rotatable bonds is 2. The van der Waals surface area contributed by atoms with E-state index < -0.39 is 11.6 Å². The highest BCUT2D eigenvalue weighted by atomic mass is 32.1. The van der Waals surface area contributed by atoms with Gasteiger partial charge < -0.3 is 4.74 Å². The molecule has 68 valence electrons. The molecular weight excluding hydrogens is 214 g/mol. The lowest BCUT2D eigenvalue weighted by molar-refractivity contribution is 0.440. The summed E-state index contributed by atoms with van der Waals surface area (Å²) in [5.74, 6) is -0.921. The second-order valence-corrected chi connectivity index (χ2v) is 3.97. The molecular formula is C8H4F2OS2. The van der Waals surface area contributed by atoms with E-state index in [1.165, 1.54) is 12.1 Å². The summed E-state index contributed by atoms with van der Waals surface area (Å²) in [5.41, 5.74) is 0. The fraction of sp³-hybridized carbons (Fsp3) is 0. The first kappa shape index (κ1) is 8.65. The predicted molar refractivity (Wildman–Crippen MR) is 48.6 cm³/mol. The Morgan fingerprint density at radius 2 is 1.38 bits per heavy atom. The van der Waals surface area contributed by atoms with E-state index in [1.54, 1.807) is 10.8 Å². The van der Waals surface area contributed by atoms with Gasteiger partial charge in [0.2, 0.25) is 10.1 Å².